The maximum atomic E-state index is 13.3. The molecule has 3 aromatic rings. The second kappa shape index (κ2) is 8.85. The minimum atomic E-state index is -4.58. The molecule has 7 nitrogen and oxygen atoms in total. The summed E-state index contributed by atoms with van der Waals surface area (Å²) in [6, 6.07) is 11.1. The van der Waals surface area contributed by atoms with Crippen LogP contribution in [0.15, 0.2) is 48.7 Å². The van der Waals surface area contributed by atoms with E-state index in [1.807, 2.05) is 0 Å². The Labute approximate surface area is 170 Å². The van der Waals surface area contributed by atoms with Crippen molar-refractivity contribution in [2.75, 3.05) is 20.8 Å². The van der Waals surface area contributed by atoms with E-state index in [9.17, 15) is 18.0 Å². The van der Waals surface area contributed by atoms with Crippen LogP contribution in [0, 0.1) is 0 Å². The summed E-state index contributed by atoms with van der Waals surface area (Å²) in [5.41, 5.74) is 1.10. The molecule has 2 aromatic heterocycles. The Bertz CT molecular complexity index is 1000. The summed E-state index contributed by atoms with van der Waals surface area (Å²) in [6.07, 6.45) is -3.17. The summed E-state index contributed by atoms with van der Waals surface area (Å²) in [5, 5.41) is 6.30. The lowest BCUT2D eigenvalue weighted by atomic mass is 10.1. The topological polar surface area (TPSA) is 78.3 Å². The number of ether oxygens (including phenoxy) is 2. The first-order valence-corrected chi connectivity index (χ1v) is 8.90. The normalized spacial score (nSPS) is 11.2. The van der Waals surface area contributed by atoms with Gasteiger partial charge in [-0.1, -0.05) is 24.3 Å². The number of pyridine rings is 1. The van der Waals surface area contributed by atoms with Gasteiger partial charge in [-0.25, -0.2) is 14.5 Å². The van der Waals surface area contributed by atoms with Crippen LogP contribution in [0.5, 0.6) is 5.88 Å². The Kier molecular flexibility index (Phi) is 6.24. The molecule has 0 radical (unpaired) electrons. The molecule has 0 spiro atoms. The quantitative estimate of drug-likeness (QED) is 0.655. The molecular formula is C20H19F3N4O3. The first kappa shape index (κ1) is 21.2. The molecule has 0 fully saturated rings. The van der Waals surface area contributed by atoms with Gasteiger partial charge in [-0.05, 0) is 24.1 Å². The van der Waals surface area contributed by atoms with E-state index in [0.717, 1.165) is 11.6 Å². The maximum Gasteiger partial charge on any atom is 0.435 e. The molecular weight excluding hydrogens is 401 g/mol. The molecule has 0 saturated carbocycles. The number of amides is 1. The molecule has 1 aromatic carbocycles. The van der Waals surface area contributed by atoms with Crippen LogP contribution in [-0.2, 0) is 17.3 Å². The molecule has 0 bridgehead atoms. The van der Waals surface area contributed by atoms with Gasteiger partial charge in [0.05, 0.1) is 31.8 Å². The molecule has 0 atom stereocenters. The lowest BCUT2D eigenvalue weighted by molar-refractivity contribution is -0.141. The van der Waals surface area contributed by atoms with Crippen LogP contribution >= 0.6 is 0 Å². The monoisotopic (exact) mass is 420 g/mol. The highest BCUT2D eigenvalue weighted by molar-refractivity contribution is 5.67. The van der Waals surface area contributed by atoms with E-state index in [2.05, 4.69) is 20.1 Å². The molecule has 158 valence electrons. The van der Waals surface area contributed by atoms with E-state index >= 15 is 0 Å². The Morgan fingerprint density at radius 3 is 2.43 bits per heavy atom. The van der Waals surface area contributed by atoms with Crippen molar-refractivity contribution >= 4 is 6.09 Å². The lowest BCUT2D eigenvalue weighted by Gasteiger charge is -2.09. The fourth-order valence-corrected chi connectivity index (χ4v) is 2.76. The Hall–Kier alpha value is -3.56. The van der Waals surface area contributed by atoms with Crippen molar-refractivity contribution in [2.24, 2.45) is 0 Å². The van der Waals surface area contributed by atoms with E-state index in [-0.39, 0.29) is 5.69 Å². The number of halogens is 3. The smallest absolute Gasteiger partial charge is 0.435 e. The van der Waals surface area contributed by atoms with Gasteiger partial charge >= 0.3 is 12.3 Å². The van der Waals surface area contributed by atoms with Gasteiger partial charge in [0, 0.05) is 18.2 Å². The number of methoxy groups -OCH3 is 2. The van der Waals surface area contributed by atoms with Gasteiger partial charge in [0.15, 0.2) is 5.69 Å². The highest BCUT2D eigenvalue weighted by Crippen LogP contribution is 2.33. The summed E-state index contributed by atoms with van der Waals surface area (Å²) >= 11 is 0. The number of hydrogen-bond donors (Lipinski definition) is 1. The third-order valence-electron chi connectivity index (χ3n) is 4.29. The van der Waals surface area contributed by atoms with E-state index in [1.54, 1.807) is 36.4 Å². The molecule has 30 heavy (non-hydrogen) atoms. The number of aromatic nitrogens is 3. The number of alkyl halides is 3. The molecule has 2 heterocycles. The van der Waals surface area contributed by atoms with Gasteiger partial charge in [0.2, 0.25) is 5.88 Å². The summed E-state index contributed by atoms with van der Waals surface area (Å²) in [7, 11) is 2.73. The second-order valence-electron chi connectivity index (χ2n) is 6.25. The van der Waals surface area contributed by atoms with Crippen LogP contribution in [0.3, 0.4) is 0 Å². The zero-order chi connectivity index (χ0) is 21.7. The number of hydrogen-bond acceptors (Lipinski definition) is 5. The summed E-state index contributed by atoms with van der Waals surface area (Å²) in [4.78, 5) is 15.1. The third kappa shape index (κ3) is 4.88. The predicted octanol–water partition coefficient (Wildman–Crippen LogP) is 3.86. The number of benzene rings is 1. The van der Waals surface area contributed by atoms with E-state index in [4.69, 9.17) is 4.74 Å². The molecule has 0 aliphatic heterocycles. The summed E-state index contributed by atoms with van der Waals surface area (Å²) < 4.78 is 50.5. The number of alkyl carbamates (subject to hydrolysis) is 1. The number of carbonyl (C=O) groups excluding carboxylic acids is 1. The van der Waals surface area contributed by atoms with Crippen LogP contribution in [-0.4, -0.2) is 41.6 Å². The summed E-state index contributed by atoms with van der Waals surface area (Å²) in [5.74, 6) is 0.341. The van der Waals surface area contributed by atoms with Crippen LogP contribution < -0.4 is 10.1 Å². The minimum Gasteiger partial charge on any atom is -0.481 e. The minimum absolute atomic E-state index is 0.272. The van der Waals surface area contributed by atoms with Gasteiger partial charge in [0.1, 0.15) is 0 Å². The number of rotatable bonds is 6. The standard InChI is InChI=1S/C20H19F3N4O3/c1-29-18-8-7-15(12-25-18)27-16(11-17(26-27)20(21,22)23)14-5-3-13(4-6-14)9-10-24-19(28)30-2/h3-8,11-12H,9-10H2,1-2H3,(H,24,28). The van der Waals surface area contributed by atoms with Crippen molar-refractivity contribution in [1.82, 2.24) is 20.1 Å². The van der Waals surface area contributed by atoms with Crippen molar-refractivity contribution in [1.29, 1.82) is 0 Å². The van der Waals surface area contributed by atoms with Crippen LogP contribution in [0.4, 0.5) is 18.0 Å². The highest BCUT2D eigenvalue weighted by atomic mass is 19.4. The van der Waals surface area contributed by atoms with Gasteiger partial charge in [-0.3, -0.25) is 0 Å². The zero-order valence-electron chi connectivity index (χ0n) is 16.2. The average Bonchev–Trinajstić information content (AvgIpc) is 3.20. The number of nitrogens with zero attached hydrogens (tertiary/aromatic N) is 3. The first-order valence-electron chi connectivity index (χ1n) is 8.90. The van der Waals surface area contributed by atoms with Gasteiger partial charge in [-0.2, -0.15) is 18.3 Å². The van der Waals surface area contributed by atoms with E-state index in [0.29, 0.717) is 30.1 Å². The molecule has 0 aliphatic rings. The molecule has 10 heteroatoms. The molecule has 0 aliphatic carbocycles. The van der Waals surface area contributed by atoms with Crippen molar-refractivity contribution < 1.29 is 27.4 Å². The lowest BCUT2D eigenvalue weighted by Crippen LogP contribution is -2.25. The van der Waals surface area contributed by atoms with Crippen LogP contribution in [0.2, 0.25) is 0 Å². The first-order chi connectivity index (χ1) is 14.3. The Balaban J connectivity index is 1.90. The SMILES string of the molecule is COC(=O)NCCc1ccc(-c2cc(C(F)(F)F)nn2-c2ccc(OC)nc2)cc1. The highest BCUT2D eigenvalue weighted by Gasteiger charge is 2.35. The van der Waals surface area contributed by atoms with Crippen LogP contribution in [0.25, 0.3) is 16.9 Å². The largest absolute Gasteiger partial charge is 0.481 e. The second-order valence-corrected chi connectivity index (χ2v) is 6.25. The van der Waals surface area contributed by atoms with E-state index in [1.165, 1.54) is 25.1 Å². The predicted molar refractivity (Wildman–Crippen MR) is 102 cm³/mol. The van der Waals surface area contributed by atoms with Crippen molar-refractivity contribution in [2.45, 2.75) is 12.6 Å². The van der Waals surface area contributed by atoms with Crippen molar-refractivity contribution in [3.8, 4) is 22.8 Å². The number of nitrogens with one attached hydrogen (secondary N) is 1. The van der Waals surface area contributed by atoms with Gasteiger partial charge in [0.25, 0.3) is 0 Å². The molecule has 0 unspecified atom stereocenters. The molecule has 3 rings (SSSR count). The van der Waals surface area contributed by atoms with Gasteiger partial charge in [-0.15, -0.1) is 0 Å². The molecule has 1 N–H and O–H groups in total. The number of carbonyl (C=O) groups is 1. The molecule has 0 saturated heterocycles. The van der Waals surface area contributed by atoms with Crippen molar-refractivity contribution in [3.05, 3.63) is 59.9 Å². The summed E-state index contributed by atoms with van der Waals surface area (Å²) in [6.45, 7) is 0.375. The Morgan fingerprint density at radius 2 is 1.87 bits per heavy atom. The van der Waals surface area contributed by atoms with E-state index < -0.39 is 18.0 Å². The fourth-order valence-electron chi connectivity index (χ4n) is 2.76. The van der Waals surface area contributed by atoms with Gasteiger partial charge < -0.3 is 14.8 Å². The average molecular weight is 420 g/mol. The fraction of sp³-hybridized carbons (Fsp3) is 0.250. The molecule has 1 amide bonds. The van der Waals surface area contributed by atoms with Crippen molar-refractivity contribution in [3.63, 3.8) is 0 Å². The third-order valence-corrected chi connectivity index (χ3v) is 4.29. The van der Waals surface area contributed by atoms with Crippen LogP contribution in [0.1, 0.15) is 11.3 Å². The Morgan fingerprint density at radius 1 is 1.13 bits per heavy atom. The zero-order valence-corrected chi connectivity index (χ0v) is 16.2. The maximum absolute atomic E-state index is 13.3.